The summed E-state index contributed by atoms with van der Waals surface area (Å²) >= 11 is 0. The minimum absolute atomic E-state index is 0. The van der Waals surface area contributed by atoms with Gasteiger partial charge in [-0.2, -0.15) is 0 Å². The highest BCUT2D eigenvalue weighted by atomic mass is 79.9. The molecule has 1 rings (SSSR count). The van der Waals surface area contributed by atoms with E-state index in [-0.39, 0.29) is 27.6 Å². The quantitative estimate of drug-likeness (QED) is 0.394. The van der Waals surface area contributed by atoms with Crippen LogP contribution in [-0.4, -0.2) is 36.6 Å². The van der Waals surface area contributed by atoms with Gasteiger partial charge in [0.1, 0.15) is 6.54 Å². The molecule has 5 nitrogen and oxygen atoms in total. The van der Waals surface area contributed by atoms with Crippen molar-refractivity contribution in [3.63, 3.8) is 0 Å². The fourth-order valence-corrected chi connectivity index (χ4v) is 1.65. The highest BCUT2D eigenvalue weighted by Gasteiger charge is 2.15. The van der Waals surface area contributed by atoms with Crippen LogP contribution in [0.1, 0.15) is 5.56 Å². The van der Waals surface area contributed by atoms with Gasteiger partial charge in [-0.15, -0.1) is 0 Å². The predicted molar refractivity (Wildman–Crippen MR) is 62.8 cm³/mol. The molecule has 0 aliphatic carbocycles. The fourth-order valence-electron chi connectivity index (χ4n) is 1.65. The fraction of sp³-hybridized carbons (Fsp3) is 0.455. The molecule has 0 aliphatic heterocycles. The molecular weight excluding hydrogens is 286 g/mol. The zero-order valence-corrected chi connectivity index (χ0v) is 11.7. The highest BCUT2D eigenvalue weighted by Crippen LogP contribution is 2.14. The molecule has 0 saturated heterocycles. The average molecular weight is 304 g/mol. The molecule has 6 heteroatoms. The number of quaternary nitrogens is 1. The Kier molecular flexibility index (Phi) is 6.30. The van der Waals surface area contributed by atoms with Gasteiger partial charge in [-0.3, -0.25) is 10.1 Å². The maximum Gasteiger partial charge on any atom is 0.269 e. The van der Waals surface area contributed by atoms with Gasteiger partial charge in [-0.25, -0.2) is 0 Å². The van der Waals surface area contributed by atoms with Gasteiger partial charge >= 0.3 is 0 Å². The lowest BCUT2D eigenvalue weighted by Crippen LogP contribution is -3.00. The number of hydrogen-bond donors (Lipinski definition) is 1. The predicted octanol–water partition coefficient (Wildman–Crippen LogP) is -1.87. The number of non-ortho nitro benzene ring substituents is 1. The molecule has 17 heavy (non-hydrogen) atoms. The van der Waals surface area contributed by atoms with Crippen molar-refractivity contribution in [2.24, 2.45) is 5.73 Å². The van der Waals surface area contributed by atoms with Crippen molar-refractivity contribution in [1.82, 2.24) is 0 Å². The van der Waals surface area contributed by atoms with Gasteiger partial charge in [0.25, 0.3) is 5.69 Å². The zero-order valence-electron chi connectivity index (χ0n) is 10.1. The molecule has 2 N–H and O–H groups in total. The third-order valence-electron chi connectivity index (χ3n) is 2.49. The Balaban J connectivity index is 0.00000256. The molecule has 0 aliphatic rings. The summed E-state index contributed by atoms with van der Waals surface area (Å²) in [6, 6.07) is 6.68. The molecule has 96 valence electrons. The van der Waals surface area contributed by atoms with E-state index in [1.165, 1.54) is 12.1 Å². The SMILES string of the molecule is C[N+](C)(CCN)Cc1ccc([N+](=O)[O-])cc1.[Br-]. The Morgan fingerprint density at radius 1 is 1.29 bits per heavy atom. The molecule has 0 saturated carbocycles. The summed E-state index contributed by atoms with van der Waals surface area (Å²) in [7, 11) is 4.18. The molecule has 1 aromatic carbocycles. The number of nitro benzene ring substituents is 1. The molecular formula is C11H18BrN3O2. The number of nitrogens with two attached hydrogens (primary N) is 1. The molecule has 0 amide bonds. The van der Waals surface area contributed by atoms with Crippen LogP contribution in [0.4, 0.5) is 5.69 Å². The molecule has 0 aromatic heterocycles. The topological polar surface area (TPSA) is 69.2 Å². The Morgan fingerprint density at radius 3 is 2.24 bits per heavy atom. The minimum Gasteiger partial charge on any atom is -1.00 e. The summed E-state index contributed by atoms with van der Waals surface area (Å²) in [4.78, 5) is 10.1. The summed E-state index contributed by atoms with van der Waals surface area (Å²) in [5, 5.41) is 10.5. The molecule has 0 heterocycles. The summed E-state index contributed by atoms with van der Waals surface area (Å²) in [5.41, 5.74) is 6.75. The summed E-state index contributed by atoms with van der Waals surface area (Å²) in [6.45, 7) is 2.35. The van der Waals surface area contributed by atoms with Gasteiger partial charge in [-0.1, -0.05) is 0 Å². The number of halogens is 1. The van der Waals surface area contributed by atoms with Crippen LogP contribution in [0, 0.1) is 10.1 Å². The number of hydrogen-bond acceptors (Lipinski definition) is 3. The van der Waals surface area contributed by atoms with E-state index in [9.17, 15) is 10.1 Å². The van der Waals surface area contributed by atoms with Crippen molar-refractivity contribution in [3.8, 4) is 0 Å². The molecule has 0 spiro atoms. The van der Waals surface area contributed by atoms with Crippen LogP contribution >= 0.6 is 0 Å². The summed E-state index contributed by atoms with van der Waals surface area (Å²) in [5.74, 6) is 0. The third-order valence-corrected chi connectivity index (χ3v) is 2.49. The maximum atomic E-state index is 10.5. The average Bonchev–Trinajstić information content (AvgIpc) is 2.17. The van der Waals surface area contributed by atoms with E-state index in [0.29, 0.717) is 6.54 Å². The first-order valence-electron chi connectivity index (χ1n) is 5.20. The molecule has 1 aromatic rings. The van der Waals surface area contributed by atoms with Crippen molar-refractivity contribution in [1.29, 1.82) is 0 Å². The van der Waals surface area contributed by atoms with Gasteiger partial charge in [0.15, 0.2) is 0 Å². The van der Waals surface area contributed by atoms with E-state index < -0.39 is 0 Å². The van der Waals surface area contributed by atoms with Crippen LogP contribution < -0.4 is 22.7 Å². The van der Waals surface area contributed by atoms with Gasteiger partial charge in [-0.05, 0) is 12.1 Å². The first-order chi connectivity index (χ1) is 7.44. The Morgan fingerprint density at radius 2 is 1.82 bits per heavy atom. The zero-order chi connectivity index (χ0) is 12.2. The van der Waals surface area contributed by atoms with E-state index in [1.807, 2.05) is 0 Å². The first-order valence-corrected chi connectivity index (χ1v) is 5.20. The van der Waals surface area contributed by atoms with Crippen molar-refractivity contribution >= 4 is 5.69 Å². The Labute approximate surface area is 112 Å². The second kappa shape index (κ2) is 6.68. The largest absolute Gasteiger partial charge is 1.00 e. The number of nitrogens with zero attached hydrogens (tertiary/aromatic N) is 2. The standard InChI is InChI=1S/C11H18N3O2.BrH/c1-14(2,8-7-12)9-10-3-5-11(6-4-10)13(15)16;/h3-6H,7-9,12H2,1-2H3;1H/q+1;/p-1. The van der Waals surface area contributed by atoms with E-state index in [1.54, 1.807) is 12.1 Å². The Hall–Kier alpha value is -0.980. The number of rotatable bonds is 5. The second-order valence-corrected chi connectivity index (χ2v) is 4.53. The lowest BCUT2D eigenvalue weighted by Gasteiger charge is -2.29. The monoisotopic (exact) mass is 303 g/mol. The van der Waals surface area contributed by atoms with Gasteiger partial charge in [0.05, 0.1) is 25.6 Å². The number of likely N-dealkylation sites (N-methyl/N-ethyl adjacent to an activating group) is 1. The normalized spacial score (nSPS) is 10.8. The van der Waals surface area contributed by atoms with Crippen LogP contribution in [0.25, 0.3) is 0 Å². The van der Waals surface area contributed by atoms with Gasteiger partial charge < -0.3 is 27.2 Å². The molecule has 0 unspecified atom stereocenters. The second-order valence-electron chi connectivity index (χ2n) is 4.53. The van der Waals surface area contributed by atoms with E-state index >= 15 is 0 Å². The van der Waals surface area contributed by atoms with Crippen LogP contribution in [0.15, 0.2) is 24.3 Å². The molecule has 0 fully saturated rings. The van der Waals surface area contributed by atoms with Crippen molar-refractivity contribution in [3.05, 3.63) is 39.9 Å². The van der Waals surface area contributed by atoms with E-state index in [0.717, 1.165) is 23.1 Å². The van der Waals surface area contributed by atoms with E-state index in [4.69, 9.17) is 5.73 Å². The highest BCUT2D eigenvalue weighted by molar-refractivity contribution is 5.32. The van der Waals surface area contributed by atoms with Crippen molar-refractivity contribution in [2.45, 2.75) is 6.54 Å². The number of benzene rings is 1. The Bertz CT molecular complexity index is 365. The van der Waals surface area contributed by atoms with Gasteiger partial charge in [0, 0.05) is 24.2 Å². The van der Waals surface area contributed by atoms with E-state index in [2.05, 4.69) is 14.1 Å². The van der Waals surface area contributed by atoms with Crippen LogP contribution in [0.3, 0.4) is 0 Å². The van der Waals surface area contributed by atoms with Crippen molar-refractivity contribution in [2.75, 3.05) is 27.2 Å². The van der Waals surface area contributed by atoms with Crippen LogP contribution in [0.5, 0.6) is 0 Å². The molecule has 0 radical (unpaired) electrons. The summed E-state index contributed by atoms with van der Waals surface area (Å²) < 4.78 is 0.786. The van der Waals surface area contributed by atoms with Gasteiger partial charge in [0.2, 0.25) is 0 Å². The maximum absolute atomic E-state index is 10.5. The molecule has 0 bridgehead atoms. The first kappa shape index (κ1) is 16.0. The van der Waals surface area contributed by atoms with Crippen LogP contribution in [0.2, 0.25) is 0 Å². The molecule has 0 atom stereocenters. The summed E-state index contributed by atoms with van der Waals surface area (Å²) in [6.07, 6.45) is 0. The number of nitro groups is 1. The van der Waals surface area contributed by atoms with Crippen LogP contribution in [-0.2, 0) is 6.54 Å². The minimum atomic E-state index is -0.385. The lowest BCUT2D eigenvalue weighted by molar-refractivity contribution is -0.902. The smallest absolute Gasteiger partial charge is 0.269 e. The lowest BCUT2D eigenvalue weighted by atomic mass is 10.2. The van der Waals surface area contributed by atoms with Crippen molar-refractivity contribution < 1.29 is 26.4 Å². The third kappa shape index (κ3) is 5.25.